The lowest BCUT2D eigenvalue weighted by atomic mass is 10.1. The van der Waals surface area contributed by atoms with Crippen LogP contribution in [0.4, 0.5) is 11.4 Å². The van der Waals surface area contributed by atoms with Crippen molar-refractivity contribution in [1.29, 1.82) is 0 Å². The van der Waals surface area contributed by atoms with Gasteiger partial charge in [0.15, 0.2) is 0 Å². The van der Waals surface area contributed by atoms with E-state index >= 15 is 0 Å². The first-order chi connectivity index (χ1) is 13.3. The van der Waals surface area contributed by atoms with E-state index in [-0.39, 0.29) is 35.7 Å². The van der Waals surface area contributed by atoms with E-state index in [1.54, 1.807) is 6.07 Å². The number of anilines is 1. The minimum atomic E-state index is -0.608. The Morgan fingerprint density at radius 1 is 1.11 bits per heavy atom. The molecule has 9 nitrogen and oxygen atoms in total. The molecule has 0 heterocycles. The maximum absolute atomic E-state index is 11.9. The summed E-state index contributed by atoms with van der Waals surface area (Å²) in [6.07, 6.45) is 0.973. The average Bonchev–Trinajstić information content (AvgIpc) is 2.64. The van der Waals surface area contributed by atoms with E-state index < -0.39 is 10.8 Å². The predicted molar refractivity (Wildman–Crippen MR) is 104 cm³/mol. The lowest BCUT2D eigenvalue weighted by molar-refractivity contribution is -0.384. The molecule has 2 aromatic rings. The second kappa shape index (κ2) is 9.26. The molecule has 0 saturated carbocycles. The summed E-state index contributed by atoms with van der Waals surface area (Å²) in [6.45, 7) is 3.91. The normalized spacial score (nSPS) is 10.6. The van der Waals surface area contributed by atoms with Gasteiger partial charge in [0.05, 0.1) is 11.1 Å². The number of nitro groups is 1. The third-order valence-corrected chi connectivity index (χ3v) is 3.98. The average molecular weight is 384 g/mol. The van der Waals surface area contributed by atoms with Gasteiger partial charge in [0.2, 0.25) is 11.8 Å². The van der Waals surface area contributed by atoms with Gasteiger partial charge in [-0.1, -0.05) is 6.07 Å². The van der Waals surface area contributed by atoms with Crippen molar-refractivity contribution in [2.24, 2.45) is 5.10 Å². The Bertz CT molecular complexity index is 940. The zero-order chi connectivity index (χ0) is 20.7. The molecular weight excluding hydrogens is 364 g/mol. The molecule has 0 aliphatic rings. The number of non-ortho nitro benzene ring substituents is 1. The van der Waals surface area contributed by atoms with Crippen LogP contribution < -0.4 is 10.7 Å². The molecule has 0 saturated heterocycles. The van der Waals surface area contributed by atoms with E-state index in [0.29, 0.717) is 5.69 Å². The molecule has 0 bridgehead atoms. The van der Waals surface area contributed by atoms with Crippen molar-refractivity contribution in [2.45, 2.75) is 26.7 Å². The fourth-order valence-corrected chi connectivity index (χ4v) is 2.26. The molecule has 0 radical (unpaired) electrons. The number of aromatic hydroxyl groups is 1. The molecule has 0 unspecified atom stereocenters. The van der Waals surface area contributed by atoms with E-state index in [4.69, 9.17) is 0 Å². The SMILES string of the molecule is Cc1ccc(NC(=O)CCC(=O)N/N=C/c2cc([N+](=O)[O-])ccc2O)cc1C. The molecule has 0 aliphatic carbocycles. The molecule has 2 aromatic carbocycles. The highest BCUT2D eigenvalue weighted by atomic mass is 16.6. The zero-order valence-electron chi connectivity index (χ0n) is 15.4. The highest BCUT2D eigenvalue weighted by molar-refractivity contribution is 5.93. The molecule has 9 heteroatoms. The summed E-state index contributed by atoms with van der Waals surface area (Å²) < 4.78 is 0. The van der Waals surface area contributed by atoms with E-state index in [9.17, 15) is 24.8 Å². The van der Waals surface area contributed by atoms with Crippen LogP contribution in [0, 0.1) is 24.0 Å². The van der Waals surface area contributed by atoms with Gasteiger partial charge < -0.3 is 10.4 Å². The Labute approximate surface area is 161 Å². The molecule has 2 amide bonds. The molecule has 0 aliphatic heterocycles. The van der Waals surface area contributed by atoms with Gasteiger partial charge in [-0.3, -0.25) is 19.7 Å². The van der Waals surface area contributed by atoms with E-state index in [1.165, 1.54) is 6.07 Å². The molecule has 2 rings (SSSR count). The molecule has 146 valence electrons. The van der Waals surface area contributed by atoms with Crippen LogP contribution in [0.15, 0.2) is 41.5 Å². The van der Waals surface area contributed by atoms with Gasteiger partial charge in [-0.25, -0.2) is 5.43 Å². The van der Waals surface area contributed by atoms with E-state index in [1.807, 2.05) is 26.0 Å². The Kier molecular flexibility index (Phi) is 6.80. The highest BCUT2D eigenvalue weighted by Gasteiger charge is 2.10. The monoisotopic (exact) mass is 384 g/mol. The molecule has 3 N–H and O–H groups in total. The third kappa shape index (κ3) is 5.90. The third-order valence-electron chi connectivity index (χ3n) is 3.98. The summed E-state index contributed by atoms with van der Waals surface area (Å²) >= 11 is 0. The highest BCUT2D eigenvalue weighted by Crippen LogP contribution is 2.21. The van der Waals surface area contributed by atoms with Crippen LogP contribution in [0.2, 0.25) is 0 Å². The van der Waals surface area contributed by atoms with Crippen LogP contribution >= 0.6 is 0 Å². The molecule has 0 atom stereocenters. The van der Waals surface area contributed by atoms with E-state index in [2.05, 4.69) is 15.8 Å². The first-order valence-electron chi connectivity index (χ1n) is 8.42. The predicted octanol–water partition coefficient (Wildman–Crippen LogP) is 2.79. The topological polar surface area (TPSA) is 134 Å². The Hall–Kier alpha value is -3.75. The summed E-state index contributed by atoms with van der Waals surface area (Å²) in [5.74, 6) is -1.02. The van der Waals surface area contributed by atoms with Crippen LogP contribution in [-0.2, 0) is 9.59 Å². The number of phenols is 1. The number of nitro benzene ring substituents is 1. The fourth-order valence-electron chi connectivity index (χ4n) is 2.26. The number of hydrogen-bond donors (Lipinski definition) is 3. The summed E-state index contributed by atoms with van der Waals surface area (Å²) in [5, 5.41) is 26.8. The Morgan fingerprint density at radius 2 is 1.82 bits per heavy atom. The molecular formula is C19H20N4O5. The summed E-state index contributed by atoms with van der Waals surface area (Å²) in [4.78, 5) is 33.8. The number of benzene rings is 2. The summed E-state index contributed by atoms with van der Waals surface area (Å²) in [7, 11) is 0. The first kappa shape index (κ1) is 20.6. The van der Waals surface area contributed by atoms with Crippen LogP contribution in [0.25, 0.3) is 0 Å². The van der Waals surface area contributed by atoms with Gasteiger partial charge >= 0.3 is 0 Å². The fraction of sp³-hybridized carbons (Fsp3) is 0.211. The standard InChI is InChI=1S/C19H20N4O5/c1-12-3-4-15(9-13(12)2)21-18(25)7-8-19(26)22-20-11-14-10-16(23(27)28)5-6-17(14)24/h3-6,9-11,24H,7-8H2,1-2H3,(H,21,25)(H,22,26)/b20-11+. The number of rotatable bonds is 7. The Morgan fingerprint density at radius 3 is 2.50 bits per heavy atom. The van der Waals surface area contributed by atoms with E-state index in [0.717, 1.165) is 29.5 Å². The number of nitrogens with zero attached hydrogens (tertiary/aromatic N) is 2. The van der Waals surface area contributed by atoms with Gasteiger partial charge in [-0.15, -0.1) is 0 Å². The van der Waals surface area contributed by atoms with Crippen molar-refractivity contribution < 1.29 is 19.6 Å². The Balaban J connectivity index is 1.83. The number of amides is 2. The van der Waals surface area contributed by atoms with Crippen molar-refractivity contribution in [3.8, 4) is 5.75 Å². The first-order valence-corrected chi connectivity index (χ1v) is 8.42. The largest absolute Gasteiger partial charge is 0.507 e. The molecule has 0 spiro atoms. The van der Waals surface area contributed by atoms with Crippen molar-refractivity contribution in [2.75, 3.05) is 5.32 Å². The number of carbonyl (C=O) groups is 2. The smallest absolute Gasteiger partial charge is 0.270 e. The van der Waals surface area contributed by atoms with Crippen molar-refractivity contribution in [3.63, 3.8) is 0 Å². The number of nitrogens with one attached hydrogen (secondary N) is 2. The minimum absolute atomic E-state index is 0.0314. The van der Waals surface area contributed by atoms with Crippen molar-refractivity contribution in [1.82, 2.24) is 5.43 Å². The molecule has 0 fully saturated rings. The van der Waals surface area contributed by atoms with Crippen LogP contribution in [-0.4, -0.2) is 28.1 Å². The maximum Gasteiger partial charge on any atom is 0.270 e. The maximum atomic E-state index is 11.9. The van der Waals surface area contributed by atoms with Gasteiger partial charge in [-0.2, -0.15) is 5.10 Å². The van der Waals surface area contributed by atoms with Gasteiger partial charge in [0, 0.05) is 36.2 Å². The zero-order valence-corrected chi connectivity index (χ0v) is 15.4. The summed E-state index contributed by atoms with van der Waals surface area (Å²) in [5.41, 5.74) is 4.91. The van der Waals surface area contributed by atoms with Crippen molar-refractivity contribution in [3.05, 3.63) is 63.2 Å². The van der Waals surface area contributed by atoms with Gasteiger partial charge in [0.1, 0.15) is 5.75 Å². The van der Waals surface area contributed by atoms with Gasteiger partial charge in [-0.05, 0) is 43.2 Å². The molecule has 28 heavy (non-hydrogen) atoms. The number of aryl methyl sites for hydroxylation is 2. The molecule has 0 aromatic heterocycles. The quantitative estimate of drug-likeness (QED) is 0.383. The van der Waals surface area contributed by atoms with Crippen LogP contribution in [0.5, 0.6) is 5.75 Å². The second-order valence-electron chi connectivity index (χ2n) is 6.14. The van der Waals surface area contributed by atoms with Gasteiger partial charge in [0.25, 0.3) is 5.69 Å². The minimum Gasteiger partial charge on any atom is -0.507 e. The lowest BCUT2D eigenvalue weighted by Gasteiger charge is -2.07. The summed E-state index contributed by atoms with van der Waals surface area (Å²) in [6, 6.07) is 8.98. The lowest BCUT2D eigenvalue weighted by Crippen LogP contribution is -2.20. The number of phenolic OH excluding ortho intramolecular Hbond substituents is 1. The van der Waals surface area contributed by atoms with Crippen LogP contribution in [0.3, 0.4) is 0 Å². The number of carbonyl (C=O) groups excluding carboxylic acids is 2. The number of hydrogen-bond acceptors (Lipinski definition) is 6. The van der Waals surface area contributed by atoms with Crippen molar-refractivity contribution >= 4 is 29.4 Å². The number of hydrazone groups is 1. The second-order valence-corrected chi connectivity index (χ2v) is 6.14. The van der Waals surface area contributed by atoms with Crippen LogP contribution in [0.1, 0.15) is 29.5 Å².